The first-order valence-corrected chi connectivity index (χ1v) is 3.86. The number of rotatable bonds is 4. The van der Waals surface area contributed by atoms with E-state index in [4.69, 9.17) is 5.11 Å². The first kappa shape index (κ1) is 9.09. The number of carboxylic acid groups (broad SMARTS) is 1. The summed E-state index contributed by atoms with van der Waals surface area (Å²) in [7, 11) is -1.65. The number of amides is 1. The fourth-order valence-corrected chi connectivity index (χ4v) is 1.04. The lowest BCUT2D eigenvalue weighted by atomic mass is 10.8. The molecular formula is C4H7NO4S. The Balaban J connectivity index is 3.65. The van der Waals surface area contributed by atoms with Crippen LogP contribution >= 0.6 is 0 Å². The smallest absolute Gasteiger partial charge is 0.316 e. The fraction of sp³-hybridized carbons (Fsp3) is 0.500. The number of carbonyl (C=O) groups is 2. The van der Waals surface area contributed by atoms with Crippen molar-refractivity contribution in [2.45, 2.75) is 0 Å². The molecule has 0 saturated heterocycles. The molecule has 0 aromatic carbocycles. The molecule has 0 aromatic heterocycles. The summed E-state index contributed by atoms with van der Waals surface area (Å²) in [5, 5.41) is 8.05. The summed E-state index contributed by atoms with van der Waals surface area (Å²) < 4.78 is 10.5. The zero-order valence-electron chi connectivity index (χ0n) is 5.07. The Morgan fingerprint density at radius 2 is 1.90 bits per heavy atom. The van der Waals surface area contributed by atoms with Crippen LogP contribution in [0.2, 0.25) is 0 Å². The molecule has 0 aromatic rings. The summed E-state index contributed by atoms with van der Waals surface area (Å²) in [6, 6.07) is 0. The van der Waals surface area contributed by atoms with Crippen molar-refractivity contribution in [1.29, 1.82) is 0 Å². The number of hydrogen-bond acceptors (Lipinski definition) is 3. The third-order valence-electron chi connectivity index (χ3n) is 0.588. The molecule has 6 heteroatoms. The van der Waals surface area contributed by atoms with Gasteiger partial charge in [-0.1, -0.05) is 0 Å². The Labute approximate surface area is 59.7 Å². The van der Waals surface area contributed by atoms with Crippen LogP contribution in [0.4, 0.5) is 0 Å². The van der Waals surface area contributed by atoms with Crippen molar-refractivity contribution >= 4 is 22.7 Å². The van der Waals surface area contributed by atoms with E-state index >= 15 is 0 Å². The van der Waals surface area contributed by atoms with Crippen LogP contribution in [-0.4, -0.2) is 32.7 Å². The van der Waals surface area contributed by atoms with Crippen LogP contribution in [0.3, 0.4) is 0 Å². The fourth-order valence-electron chi connectivity index (χ4n) is 0.347. The lowest BCUT2D eigenvalue weighted by Crippen LogP contribution is -2.23. The molecular weight excluding hydrogens is 158 g/mol. The van der Waals surface area contributed by atoms with Crippen LogP contribution in [0.5, 0.6) is 0 Å². The van der Waals surface area contributed by atoms with Gasteiger partial charge in [0.15, 0.2) is 0 Å². The average molecular weight is 165 g/mol. The van der Waals surface area contributed by atoms with Crippen molar-refractivity contribution in [2.75, 3.05) is 11.5 Å². The quantitative estimate of drug-likeness (QED) is 0.519. The van der Waals surface area contributed by atoms with Gasteiger partial charge in [0.1, 0.15) is 11.5 Å². The Hall–Kier alpha value is -0.910. The molecule has 5 nitrogen and oxygen atoms in total. The van der Waals surface area contributed by atoms with E-state index in [0.717, 1.165) is 0 Å². The number of nitrogens with two attached hydrogens (primary N) is 1. The molecule has 1 atom stereocenters. The highest BCUT2D eigenvalue weighted by atomic mass is 32.2. The highest BCUT2D eigenvalue weighted by Gasteiger charge is 2.07. The molecule has 0 heterocycles. The normalized spacial score (nSPS) is 12.4. The van der Waals surface area contributed by atoms with E-state index in [1.807, 2.05) is 0 Å². The van der Waals surface area contributed by atoms with Crippen molar-refractivity contribution in [3.8, 4) is 0 Å². The van der Waals surface area contributed by atoms with Gasteiger partial charge in [0.05, 0.1) is 0 Å². The minimum absolute atomic E-state index is 0.383. The van der Waals surface area contributed by atoms with E-state index in [-0.39, 0.29) is 5.75 Å². The monoisotopic (exact) mass is 165 g/mol. The van der Waals surface area contributed by atoms with E-state index in [9.17, 15) is 13.8 Å². The second kappa shape index (κ2) is 3.99. The molecule has 0 aliphatic heterocycles. The number of aliphatic carboxylic acids is 1. The van der Waals surface area contributed by atoms with Gasteiger partial charge in [-0.05, 0) is 0 Å². The predicted molar refractivity (Wildman–Crippen MR) is 34.7 cm³/mol. The van der Waals surface area contributed by atoms with Crippen LogP contribution in [0.25, 0.3) is 0 Å². The zero-order chi connectivity index (χ0) is 8.15. The van der Waals surface area contributed by atoms with Crippen LogP contribution in [0.1, 0.15) is 0 Å². The van der Waals surface area contributed by atoms with Crippen LogP contribution in [0.15, 0.2) is 0 Å². The summed E-state index contributed by atoms with van der Waals surface area (Å²) >= 11 is 0. The van der Waals surface area contributed by atoms with E-state index < -0.39 is 28.4 Å². The first-order chi connectivity index (χ1) is 4.52. The molecule has 0 fully saturated rings. The van der Waals surface area contributed by atoms with Crippen molar-refractivity contribution in [1.82, 2.24) is 0 Å². The molecule has 1 amide bonds. The van der Waals surface area contributed by atoms with E-state index in [2.05, 4.69) is 5.73 Å². The molecule has 0 bridgehead atoms. The van der Waals surface area contributed by atoms with Gasteiger partial charge in [-0.15, -0.1) is 0 Å². The molecule has 0 aliphatic rings. The van der Waals surface area contributed by atoms with Gasteiger partial charge < -0.3 is 10.8 Å². The summed E-state index contributed by atoms with van der Waals surface area (Å²) in [6.07, 6.45) is 0. The maximum absolute atomic E-state index is 10.5. The second-order valence-electron chi connectivity index (χ2n) is 1.59. The van der Waals surface area contributed by atoms with Crippen molar-refractivity contribution in [3.05, 3.63) is 0 Å². The number of carboxylic acids is 1. The molecule has 10 heavy (non-hydrogen) atoms. The Morgan fingerprint density at radius 3 is 2.20 bits per heavy atom. The summed E-state index contributed by atoms with van der Waals surface area (Å²) in [4.78, 5) is 19.9. The minimum atomic E-state index is -1.65. The molecule has 1 unspecified atom stereocenters. The van der Waals surface area contributed by atoms with Gasteiger partial charge in [0, 0.05) is 10.8 Å². The molecule has 0 aliphatic carbocycles. The number of primary amides is 1. The molecule has 58 valence electrons. The van der Waals surface area contributed by atoms with Gasteiger partial charge >= 0.3 is 5.97 Å². The third kappa shape index (κ3) is 5.23. The third-order valence-corrected chi connectivity index (χ3v) is 1.76. The molecule has 0 spiro atoms. The lowest BCUT2D eigenvalue weighted by molar-refractivity contribution is -0.133. The van der Waals surface area contributed by atoms with Gasteiger partial charge in [0.2, 0.25) is 5.91 Å². The first-order valence-electron chi connectivity index (χ1n) is 2.37. The Kier molecular flexibility index (Phi) is 3.63. The van der Waals surface area contributed by atoms with Crippen molar-refractivity contribution in [3.63, 3.8) is 0 Å². The topological polar surface area (TPSA) is 97.5 Å². The Bertz CT molecular complexity index is 160. The van der Waals surface area contributed by atoms with Crippen molar-refractivity contribution in [2.24, 2.45) is 5.73 Å². The standard InChI is InChI=1S/C4H7NO4S/c5-3(6)1-10(9)2-4(7)8/h1-2H2,(H2,5,6)(H,7,8). The van der Waals surface area contributed by atoms with Crippen molar-refractivity contribution < 1.29 is 18.9 Å². The summed E-state index contributed by atoms with van der Waals surface area (Å²) in [5.41, 5.74) is 4.64. The zero-order valence-corrected chi connectivity index (χ0v) is 5.89. The summed E-state index contributed by atoms with van der Waals surface area (Å²) in [5.74, 6) is -2.85. The van der Waals surface area contributed by atoms with Gasteiger partial charge in [0.25, 0.3) is 0 Å². The highest BCUT2D eigenvalue weighted by Crippen LogP contribution is 1.80. The lowest BCUT2D eigenvalue weighted by Gasteiger charge is -1.92. The predicted octanol–water partition coefficient (Wildman–Crippen LogP) is -1.69. The molecule has 0 radical (unpaired) electrons. The Morgan fingerprint density at radius 1 is 1.40 bits per heavy atom. The maximum atomic E-state index is 10.5. The largest absolute Gasteiger partial charge is 0.481 e. The van der Waals surface area contributed by atoms with Crippen LogP contribution in [-0.2, 0) is 20.4 Å². The van der Waals surface area contributed by atoms with Gasteiger partial charge in [-0.3, -0.25) is 13.8 Å². The number of hydrogen-bond donors (Lipinski definition) is 2. The van der Waals surface area contributed by atoms with E-state index in [1.165, 1.54) is 0 Å². The minimum Gasteiger partial charge on any atom is -0.481 e. The van der Waals surface area contributed by atoms with Gasteiger partial charge in [-0.2, -0.15) is 0 Å². The highest BCUT2D eigenvalue weighted by molar-refractivity contribution is 7.86. The second-order valence-corrected chi connectivity index (χ2v) is 3.05. The molecule has 3 N–H and O–H groups in total. The average Bonchev–Trinajstić information content (AvgIpc) is 1.58. The van der Waals surface area contributed by atoms with E-state index in [1.54, 1.807) is 0 Å². The van der Waals surface area contributed by atoms with Gasteiger partial charge in [-0.25, -0.2) is 0 Å². The van der Waals surface area contributed by atoms with Crippen LogP contribution in [0, 0.1) is 0 Å². The molecule has 0 rings (SSSR count). The molecule has 0 saturated carbocycles. The maximum Gasteiger partial charge on any atom is 0.316 e. The number of carbonyl (C=O) groups excluding carboxylic acids is 1. The summed E-state index contributed by atoms with van der Waals surface area (Å²) in [6.45, 7) is 0. The van der Waals surface area contributed by atoms with E-state index in [0.29, 0.717) is 0 Å². The van der Waals surface area contributed by atoms with Crippen LogP contribution < -0.4 is 5.73 Å². The SMILES string of the molecule is NC(=O)CS(=O)CC(=O)O.